The Bertz CT molecular complexity index is 5620. The Kier molecular flexibility index (Phi) is 12.8. The Hall–Kier alpha value is -12.5. The fourth-order valence-corrected chi connectivity index (χ4v) is 16.1. The molecule has 8 heteroatoms. The van der Waals surface area contributed by atoms with Crippen LogP contribution in [0, 0.1) is 0 Å². The summed E-state index contributed by atoms with van der Waals surface area (Å²) in [5, 5.41) is 4.87. The van der Waals surface area contributed by atoms with Crippen molar-refractivity contribution in [2.45, 2.75) is 38.5 Å². The van der Waals surface area contributed by atoms with Gasteiger partial charge in [-0.1, -0.05) is 276 Å². The first-order valence-corrected chi connectivity index (χ1v) is 33.6. The molecule has 0 spiro atoms. The van der Waals surface area contributed by atoms with E-state index in [2.05, 4.69) is 267 Å². The highest BCUT2D eigenvalue weighted by Gasteiger charge is 2.40. The summed E-state index contributed by atoms with van der Waals surface area (Å²) in [6.07, 6.45) is 0. The molecule has 0 bridgehead atoms. The van der Waals surface area contributed by atoms with E-state index in [9.17, 15) is 0 Å². The first kappa shape index (κ1) is 57.0. The zero-order valence-electron chi connectivity index (χ0n) is 54.4. The fraction of sp³-hybridized carbons (Fsp3) is 0.0667. The van der Waals surface area contributed by atoms with Crippen LogP contribution in [0.4, 0.5) is 0 Å². The maximum Gasteiger partial charge on any atom is 0.166 e. The summed E-state index contributed by atoms with van der Waals surface area (Å²) in [6.45, 7) is 9.52. The third kappa shape index (κ3) is 8.84. The van der Waals surface area contributed by atoms with Crippen molar-refractivity contribution in [1.29, 1.82) is 0 Å². The number of fused-ring (bicyclic) bond motifs is 14. The summed E-state index contributed by atoms with van der Waals surface area (Å²) in [6, 6.07) is 108. The van der Waals surface area contributed by atoms with Crippen LogP contribution in [-0.2, 0) is 10.8 Å². The number of nitrogens with zero attached hydrogens (tertiary/aromatic N) is 8. The average Bonchev–Trinajstić information content (AvgIpc) is 1.54. The van der Waals surface area contributed by atoms with Crippen LogP contribution in [-0.4, -0.2) is 39.0 Å². The normalized spacial score (nSPS) is 13.3. The minimum absolute atomic E-state index is 0.264. The minimum Gasteiger partial charge on any atom is -0.308 e. The van der Waals surface area contributed by atoms with Crippen molar-refractivity contribution in [3.63, 3.8) is 0 Å². The summed E-state index contributed by atoms with van der Waals surface area (Å²) in [5.74, 6) is 3.56. The van der Waals surface area contributed by atoms with Gasteiger partial charge in [-0.25, -0.2) is 29.9 Å². The highest BCUT2D eigenvalue weighted by atomic mass is 15.1. The van der Waals surface area contributed by atoms with Gasteiger partial charge in [0.25, 0.3) is 0 Å². The number of benzene rings is 13. The smallest absolute Gasteiger partial charge is 0.166 e. The highest BCUT2D eigenvalue weighted by Crippen LogP contribution is 2.56. The Morgan fingerprint density at radius 2 is 0.531 bits per heavy atom. The Morgan fingerprint density at radius 3 is 0.918 bits per heavy atom. The van der Waals surface area contributed by atoms with E-state index in [0.29, 0.717) is 34.9 Å². The molecular weight excluding hydrogens is 1190 g/mol. The molecule has 0 unspecified atom stereocenters. The molecule has 0 saturated carbocycles. The quantitative estimate of drug-likeness (QED) is 0.136. The van der Waals surface area contributed by atoms with Crippen LogP contribution in [0.2, 0.25) is 0 Å². The van der Waals surface area contributed by atoms with Crippen LogP contribution in [0.15, 0.2) is 303 Å². The van der Waals surface area contributed by atoms with Gasteiger partial charge in [0.05, 0.1) is 33.4 Å². The topological polar surface area (TPSA) is 87.2 Å². The number of rotatable bonds is 10. The number of aromatic nitrogens is 8. The SMILES string of the molecule is CC1(C)c2ccccc2-c2ccc3c(c21)c1ccccc1n3-c1cc(-c2cccc(-c3ccc(-c4nc(-c5ccccc5)nc(-c5ccccc5)n4)c(-n4c5ccccc5c5c6c(ccc54)-c4ccccc4C6(C)C)c3)c2)ccc1-c1nc(-c2ccccc2)nc(-c2ccccc2)n1. The Labute approximate surface area is 567 Å². The molecule has 2 aliphatic carbocycles. The van der Waals surface area contributed by atoms with Gasteiger partial charge in [-0.05, 0) is 121 Å². The number of hydrogen-bond acceptors (Lipinski definition) is 6. The van der Waals surface area contributed by atoms with Crippen LogP contribution in [0.25, 0.3) is 168 Å². The standard InChI is InChI=1S/C90H62N8/c1-89(2)71-40-21-17-36-63(71)65-48-50-75-79(81(65)89)67-38-19-23-42-73(67)97(75)77-53-61(44-46-69(77)87-93-83(55-26-9-5-10-27-55)91-84(94-87)56-28-11-6-12-29-56)59-34-25-35-60(52-59)62-45-47-70(88-95-85(57-30-13-7-14-31-57)92-86(96-88)58-32-15-8-16-33-58)78(54-62)98-74-43-24-20-39-68(74)80-76(98)51-49-66-64-37-18-22-41-72(64)90(3,4)82(66)80/h5-54H,1-4H3. The molecule has 2 aliphatic rings. The van der Waals surface area contributed by atoms with Gasteiger partial charge in [0.1, 0.15) is 0 Å². The molecule has 0 saturated heterocycles. The zero-order chi connectivity index (χ0) is 65.4. The summed E-state index contributed by atoms with van der Waals surface area (Å²) in [5.41, 5.74) is 25.8. The van der Waals surface area contributed by atoms with Gasteiger partial charge in [-0.15, -0.1) is 0 Å². The van der Waals surface area contributed by atoms with E-state index in [1.165, 1.54) is 66.1 Å². The third-order valence-electron chi connectivity index (χ3n) is 20.6. The van der Waals surface area contributed by atoms with Crippen LogP contribution in [0.3, 0.4) is 0 Å². The predicted octanol–water partition coefficient (Wildman–Crippen LogP) is 22.2. The first-order chi connectivity index (χ1) is 48.1. The fourth-order valence-electron chi connectivity index (χ4n) is 16.1. The molecular formula is C90H62N8. The molecule has 8 nitrogen and oxygen atoms in total. The number of para-hydroxylation sites is 2. The average molecular weight is 1260 g/mol. The van der Waals surface area contributed by atoms with Crippen molar-refractivity contribution in [2.24, 2.45) is 0 Å². The van der Waals surface area contributed by atoms with Gasteiger partial charge < -0.3 is 9.13 Å². The lowest BCUT2D eigenvalue weighted by molar-refractivity contribution is 0.666. The summed E-state index contributed by atoms with van der Waals surface area (Å²) in [4.78, 5) is 32.0. The zero-order valence-corrected chi connectivity index (χ0v) is 54.4. The minimum atomic E-state index is -0.264. The molecule has 4 aromatic heterocycles. The molecule has 0 amide bonds. The summed E-state index contributed by atoms with van der Waals surface area (Å²) in [7, 11) is 0. The second-order valence-electron chi connectivity index (χ2n) is 26.9. The van der Waals surface area contributed by atoms with Crippen molar-refractivity contribution < 1.29 is 0 Å². The molecule has 17 aromatic rings. The second-order valence-corrected chi connectivity index (χ2v) is 26.9. The van der Waals surface area contributed by atoms with Crippen molar-refractivity contribution in [1.82, 2.24) is 39.0 Å². The molecule has 0 aliphatic heterocycles. The van der Waals surface area contributed by atoms with E-state index in [4.69, 9.17) is 29.9 Å². The molecule has 462 valence electrons. The Balaban J connectivity index is 0.839. The molecule has 19 rings (SSSR count). The van der Waals surface area contributed by atoms with Crippen LogP contribution >= 0.6 is 0 Å². The van der Waals surface area contributed by atoms with E-state index >= 15 is 0 Å². The lowest BCUT2D eigenvalue weighted by Gasteiger charge is -2.23. The third-order valence-corrected chi connectivity index (χ3v) is 20.6. The van der Waals surface area contributed by atoms with Gasteiger partial charge in [0, 0.05) is 65.8 Å². The van der Waals surface area contributed by atoms with Crippen molar-refractivity contribution in [3.8, 4) is 124 Å². The summed E-state index contributed by atoms with van der Waals surface area (Å²) < 4.78 is 4.92. The molecule has 13 aromatic carbocycles. The predicted molar refractivity (Wildman–Crippen MR) is 401 cm³/mol. The molecule has 98 heavy (non-hydrogen) atoms. The summed E-state index contributed by atoms with van der Waals surface area (Å²) >= 11 is 0. The monoisotopic (exact) mass is 1250 g/mol. The van der Waals surface area contributed by atoms with E-state index in [0.717, 1.165) is 89.1 Å². The largest absolute Gasteiger partial charge is 0.308 e. The molecule has 4 heterocycles. The van der Waals surface area contributed by atoms with Crippen LogP contribution < -0.4 is 0 Å². The van der Waals surface area contributed by atoms with Crippen molar-refractivity contribution >= 4 is 43.6 Å². The van der Waals surface area contributed by atoms with Crippen molar-refractivity contribution in [2.75, 3.05) is 0 Å². The van der Waals surface area contributed by atoms with Crippen molar-refractivity contribution in [3.05, 3.63) is 326 Å². The van der Waals surface area contributed by atoms with Gasteiger partial charge in [0.2, 0.25) is 0 Å². The van der Waals surface area contributed by atoms with Crippen LogP contribution in [0.5, 0.6) is 0 Å². The number of hydrogen-bond donors (Lipinski definition) is 0. The highest BCUT2D eigenvalue weighted by molar-refractivity contribution is 6.16. The van der Waals surface area contributed by atoms with Gasteiger partial charge in [-0.3, -0.25) is 0 Å². The second kappa shape index (κ2) is 22.0. The maximum atomic E-state index is 5.41. The Morgan fingerprint density at radius 1 is 0.224 bits per heavy atom. The van der Waals surface area contributed by atoms with E-state index < -0.39 is 0 Å². The van der Waals surface area contributed by atoms with E-state index in [-0.39, 0.29) is 10.8 Å². The maximum absolute atomic E-state index is 5.41. The molecule has 0 radical (unpaired) electrons. The lowest BCUT2D eigenvalue weighted by atomic mass is 9.80. The van der Waals surface area contributed by atoms with Gasteiger partial charge >= 0.3 is 0 Å². The van der Waals surface area contributed by atoms with Gasteiger partial charge in [0.15, 0.2) is 34.9 Å². The first-order valence-electron chi connectivity index (χ1n) is 33.6. The van der Waals surface area contributed by atoms with E-state index in [1.807, 2.05) is 72.8 Å². The van der Waals surface area contributed by atoms with E-state index in [1.54, 1.807) is 0 Å². The molecule has 0 atom stereocenters. The molecule has 0 fully saturated rings. The molecule has 0 N–H and O–H groups in total. The van der Waals surface area contributed by atoms with Crippen LogP contribution in [0.1, 0.15) is 49.9 Å². The lowest BCUT2D eigenvalue weighted by Crippen LogP contribution is -2.15. The van der Waals surface area contributed by atoms with Gasteiger partial charge in [-0.2, -0.15) is 0 Å².